The van der Waals surface area contributed by atoms with Gasteiger partial charge in [-0.15, -0.1) is 0 Å². The highest BCUT2D eigenvalue weighted by molar-refractivity contribution is 4.95. The van der Waals surface area contributed by atoms with Gasteiger partial charge in [0.1, 0.15) is 0 Å². The molecular weight excluding hydrogens is 286 g/mol. The van der Waals surface area contributed by atoms with Gasteiger partial charge in [0.2, 0.25) is 0 Å². The fraction of sp³-hybridized carbons (Fsp3) is 1.00. The van der Waals surface area contributed by atoms with E-state index < -0.39 is 30.3 Å². The lowest BCUT2D eigenvalue weighted by Gasteiger charge is -2.35. The van der Waals surface area contributed by atoms with Crippen LogP contribution in [0.1, 0.15) is 47.0 Å². The van der Waals surface area contributed by atoms with E-state index in [1.165, 1.54) is 6.92 Å². The Balaban J connectivity index is 5.16. The maximum atomic E-state index is 12.6. The van der Waals surface area contributed by atoms with Crippen LogP contribution >= 0.6 is 0 Å². The zero-order chi connectivity index (χ0) is 16.4. The third kappa shape index (κ3) is 4.53. The second-order valence-electron chi connectivity index (χ2n) is 5.79. The fourth-order valence-electron chi connectivity index (χ4n) is 2.00. The van der Waals surface area contributed by atoms with E-state index >= 15 is 0 Å². The third-order valence-corrected chi connectivity index (χ3v) is 3.94. The summed E-state index contributed by atoms with van der Waals surface area (Å²) in [5, 5.41) is 9.19. The number of alkyl halides is 6. The van der Waals surface area contributed by atoms with Gasteiger partial charge in [-0.1, -0.05) is 34.1 Å². The third-order valence-electron chi connectivity index (χ3n) is 3.94. The molecule has 0 bridgehead atoms. The molecule has 0 aliphatic carbocycles. The molecule has 0 saturated carbocycles. The lowest BCUT2D eigenvalue weighted by Crippen LogP contribution is -2.57. The Bertz CT molecular complexity index is 280. The zero-order valence-corrected chi connectivity index (χ0v) is 12.1. The summed E-state index contributed by atoms with van der Waals surface area (Å²) in [5.74, 6) is -0.680. The van der Waals surface area contributed by atoms with Crippen LogP contribution in [0.3, 0.4) is 0 Å². The molecule has 0 rings (SSSR count). The van der Waals surface area contributed by atoms with Crippen molar-refractivity contribution in [2.75, 3.05) is 0 Å². The second kappa shape index (κ2) is 6.54. The van der Waals surface area contributed by atoms with Crippen molar-refractivity contribution in [2.24, 2.45) is 17.8 Å². The van der Waals surface area contributed by atoms with Crippen LogP contribution < -0.4 is 0 Å². The fourth-order valence-corrected chi connectivity index (χ4v) is 2.00. The molecule has 0 aromatic rings. The summed E-state index contributed by atoms with van der Waals surface area (Å²) in [6.45, 7) is 7.03. The van der Waals surface area contributed by atoms with E-state index in [4.69, 9.17) is 0 Å². The van der Waals surface area contributed by atoms with Crippen molar-refractivity contribution in [3.05, 3.63) is 0 Å². The molecule has 0 heterocycles. The summed E-state index contributed by atoms with van der Waals surface area (Å²) in [7, 11) is 0. The monoisotopic (exact) mass is 308 g/mol. The molecule has 0 aromatic heterocycles. The van der Waals surface area contributed by atoms with E-state index in [9.17, 15) is 31.4 Å². The molecule has 0 aliphatic rings. The molecule has 0 radical (unpaired) electrons. The molecule has 0 fully saturated rings. The number of hydrogen-bond acceptors (Lipinski definition) is 1. The van der Waals surface area contributed by atoms with Gasteiger partial charge in [-0.3, -0.25) is 0 Å². The number of halogens is 6. The smallest absolute Gasteiger partial charge is 0.374 e. The van der Waals surface area contributed by atoms with E-state index in [1.807, 2.05) is 13.8 Å². The summed E-state index contributed by atoms with van der Waals surface area (Å²) >= 11 is 0. The topological polar surface area (TPSA) is 20.2 Å². The van der Waals surface area contributed by atoms with Crippen LogP contribution in [0.5, 0.6) is 0 Å². The van der Waals surface area contributed by atoms with E-state index in [0.29, 0.717) is 0 Å². The van der Waals surface area contributed by atoms with Crippen LogP contribution in [-0.2, 0) is 0 Å². The Hall–Kier alpha value is -0.460. The largest absolute Gasteiger partial charge is 0.426 e. The highest BCUT2D eigenvalue weighted by Crippen LogP contribution is 2.47. The Morgan fingerprint density at radius 1 is 0.900 bits per heavy atom. The van der Waals surface area contributed by atoms with Crippen molar-refractivity contribution in [3.63, 3.8) is 0 Å². The highest BCUT2D eigenvalue weighted by Gasteiger charge is 2.70. The maximum Gasteiger partial charge on any atom is 0.426 e. The first-order valence-corrected chi connectivity index (χ1v) is 6.62. The Labute approximate surface area is 115 Å². The molecule has 122 valence electrons. The van der Waals surface area contributed by atoms with Gasteiger partial charge in [-0.05, 0) is 30.6 Å². The van der Waals surface area contributed by atoms with Crippen LogP contribution in [-0.4, -0.2) is 23.1 Å². The van der Waals surface area contributed by atoms with Gasteiger partial charge in [0, 0.05) is 0 Å². The molecule has 1 N–H and O–H groups in total. The minimum atomic E-state index is -5.72. The van der Waals surface area contributed by atoms with Crippen LogP contribution in [0.15, 0.2) is 0 Å². The first-order chi connectivity index (χ1) is 8.76. The average molecular weight is 308 g/mol. The van der Waals surface area contributed by atoms with Crippen molar-refractivity contribution in [3.8, 4) is 0 Å². The predicted molar refractivity (Wildman–Crippen MR) is 64.1 cm³/mol. The van der Waals surface area contributed by atoms with Gasteiger partial charge in [0.15, 0.2) is 0 Å². The first-order valence-electron chi connectivity index (χ1n) is 6.62. The SMILES string of the molecule is CCC(CC(C)C(C)C)CC(O)(C(F)(F)F)C(F)(F)F. The summed E-state index contributed by atoms with van der Waals surface area (Å²) in [6.07, 6.45) is -12.4. The minimum absolute atomic E-state index is 0.00864. The first kappa shape index (κ1) is 19.5. The maximum absolute atomic E-state index is 12.6. The number of rotatable bonds is 6. The van der Waals surface area contributed by atoms with Gasteiger partial charge in [-0.2, -0.15) is 26.3 Å². The average Bonchev–Trinajstić information content (AvgIpc) is 2.24. The normalized spacial score (nSPS) is 17.4. The molecule has 0 saturated heterocycles. The van der Waals surface area contributed by atoms with Gasteiger partial charge < -0.3 is 5.11 Å². The predicted octanol–water partition coefficient (Wildman–Crippen LogP) is 4.94. The zero-order valence-electron chi connectivity index (χ0n) is 12.1. The molecular formula is C13H22F6O. The van der Waals surface area contributed by atoms with Gasteiger partial charge >= 0.3 is 12.4 Å². The molecule has 1 nitrogen and oxygen atoms in total. The Kier molecular flexibility index (Phi) is 6.39. The summed E-state index contributed by atoms with van der Waals surface area (Å²) in [6, 6.07) is 0. The molecule has 7 heteroatoms. The summed E-state index contributed by atoms with van der Waals surface area (Å²) < 4.78 is 75.7. The van der Waals surface area contributed by atoms with Crippen molar-refractivity contribution in [2.45, 2.75) is 64.9 Å². The quantitative estimate of drug-likeness (QED) is 0.689. The molecule has 0 aromatic carbocycles. The molecule has 0 amide bonds. The lowest BCUT2D eigenvalue weighted by molar-refractivity contribution is -0.373. The van der Waals surface area contributed by atoms with Crippen LogP contribution in [0.4, 0.5) is 26.3 Å². The van der Waals surface area contributed by atoms with Crippen LogP contribution in [0.25, 0.3) is 0 Å². The van der Waals surface area contributed by atoms with E-state index in [1.54, 1.807) is 6.92 Å². The number of hydrogen-bond donors (Lipinski definition) is 1. The van der Waals surface area contributed by atoms with Gasteiger partial charge in [0.05, 0.1) is 0 Å². The van der Waals surface area contributed by atoms with E-state index in [0.717, 1.165) is 0 Å². The van der Waals surface area contributed by atoms with Gasteiger partial charge in [-0.25, -0.2) is 0 Å². The lowest BCUT2D eigenvalue weighted by atomic mass is 9.80. The van der Waals surface area contributed by atoms with Crippen molar-refractivity contribution < 1.29 is 31.4 Å². The highest BCUT2D eigenvalue weighted by atomic mass is 19.4. The van der Waals surface area contributed by atoms with E-state index in [2.05, 4.69) is 0 Å². The molecule has 20 heavy (non-hydrogen) atoms. The standard InChI is InChI=1S/C13H22F6O/c1-5-10(6-9(4)8(2)3)7-11(20,12(14,15)16)13(17,18)19/h8-10,20H,5-7H2,1-4H3. The Morgan fingerprint density at radius 2 is 1.30 bits per heavy atom. The Morgan fingerprint density at radius 3 is 1.55 bits per heavy atom. The van der Waals surface area contributed by atoms with E-state index in [-0.39, 0.29) is 24.7 Å². The second-order valence-corrected chi connectivity index (χ2v) is 5.79. The van der Waals surface area contributed by atoms with Crippen LogP contribution in [0, 0.1) is 17.8 Å². The molecule has 2 atom stereocenters. The van der Waals surface area contributed by atoms with Crippen molar-refractivity contribution >= 4 is 0 Å². The van der Waals surface area contributed by atoms with Crippen LogP contribution in [0.2, 0.25) is 0 Å². The molecule has 0 aliphatic heterocycles. The summed E-state index contributed by atoms with van der Waals surface area (Å²) in [4.78, 5) is 0. The van der Waals surface area contributed by atoms with Gasteiger partial charge in [0.25, 0.3) is 5.60 Å². The van der Waals surface area contributed by atoms with Crippen molar-refractivity contribution in [1.82, 2.24) is 0 Å². The molecule has 2 unspecified atom stereocenters. The minimum Gasteiger partial charge on any atom is -0.374 e. The molecule has 0 spiro atoms. The summed E-state index contributed by atoms with van der Waals surface area (Å²) in [5.41, 5.74) is -4.63. The number of aliphatic hydroxyl groups is 1. The van der Waals surface area contributed by atoms with Crippen molar-refractivity contribution in [1.29, 1.82) is 0 Å².